The number of rotatable bonds is 7. The van der Waals surface area contributed by atoms with E-state index in [2.05, 4.69) is 52.7 Å². The molecule has 2 N–H and O–H groups in total. The van der Waals surface area contributed by atoms with Crippen LogP contribution in [0.4, 0.5) is 0 Å². The van der Waals surface area contributed by atoms with Gasteiger partial charge in [0.15, 0.2) is 5.96 Å². The molecular formula is C19H26N4O. The second-order valence-corrected chi connectivity index (χ2v) is 5.61. The highest BCUT2D eigenvalue weighted by Gasteiger charge is 2.05. The number of hydrogen-bond acceptors (Lipinski definition) is 3. The Morgan fingerprint density at radius 1 is 1.25 bits per heavy atom. The molecule has 0 saturated heterocycles. The van der Waals surface area contributed by atoms with Crippen molar-refractivity contribution in [3.63, 3.8) is 0 Å². The van der Waals surface area contributed by atoms with Gasteiger partial charge in [-0.25, -0.2) is 4.99 Å². The Bertz CT molecular complexity index is 643. The number of aromatic nitrogens is 1. The fourth-order valence-electron chi connectivity index (χ4n) is 2.38. The maximum Gasteiger partial charge on any atom is 0.191 e. The standard InChI is InChI=1S/C19H26N4O/c1-4-20-19(23-15(2)14-24-3)22-13-16-8-7-9-17(12-16)18-10-5-6-11-21-18/h5-12,15H,4,13-14H2,1-3H3,(H2,20,22,23). The summed E-state index contributed by atoms with van der Waals surface area (Å²) < 4.78 is 5.16. The first kappa shape index (κ1) is 17.9. The van der Waals surface area contributed by atoms with E-state index in [4.69, 9.17) is 4.74 Å². The topological polar surface area (TPSA) is 58.5 Å². The SMILES string of the molecule is CCNC(=NCc1cccc(-c2ccccn2)c1)NC(C)COC. The molecule has 0 amide bonds. The van der Waals surface area contributed by atoms with Gasteiger partial charge < -0.3 is 15.4 Å². The molecule has 0 bridgehead atoms. The molecule has 0 fully saturated rings. The minimum absolute atomic E-state index is 0.202. The first-order valence-corrected chi connectivity index (χ1v) is 8.27. The number of ether oxygens (including phenoxy) is 1. The van der Waals surface area contributed by atoms with Crippen LogP contribution in [0.15, 0.2) is 53.7 Å². The van der Waals surface area contributed by atoms with Crippen molar-refractivity contribution in [2.45, 2.75) is 26.4 Å². The van der Waals surface area contributed by atoms with Crippen molar-refractivity contribution in [3.8, 4) is 11.3 Å². The number of hydrogen-bond donors (Lipinski definition) is 2. The molecule has 128 valence electrons. The molecule has 5 heteroatoms. The van der Waals surface area contributed by atoms with E-state index in [1.165, 1.54) is 0 Å². The molecule has 1 heterocycles. The fraction of sp³-hybridized carbons (Fsp3) is 0.368. The Balaban J connectivity index is 2.08. The van der Waals surface area contributed by atoms with Gasteiger partial charge in [-0.15, -0.1) is 0 Å². The first-order valence-electron chi connectivity index (χ1n) is 8.27. The number of methoxy groups -OCH3 is 1. The van der Waals surface area contributed by atoms with Crippen LogP contribution in [-0.2, 0) is 11.3 Å². The van der Waals surface area contributed by atoms with Gasteiger partial charge in [-0.05, 0) is 37.6 Å². The third-order valence-electron chi connectivity index (χ3n) is 3.45. The first-order chi connectivity index (χ1) is 11.7. The highest BCUT2D eigenvalue weighted by atomic mass is 16.5. The van der Waals surface area contributed by atoms with Crippen molar-refractivity contribution in [2.75, 3.05) is 20.3 Å². The van der Waals surface area contributed by atoms with E-state index < -0.39 is 0 Å². The average Bonchev–Trinajstić information content (AvgIpc) is 2.61. The van der Waals surface area contributed by atoms with E-state index in [0.29, 0.717) is 13.2 Å². The van der Waals surface area contributed by atoms with Crippen LogP contribution in [0, 0.1) is 0 Å². The smallest absolute Gasteiger partial charge is 0.191 e. The van der Waals surface area contributed by atoms with Gasteiger partial charge in [0.05, 0.1) is 18.8 Å². The number of aliphatic imine (C=N–C) groups is 1. The lowest BCUT2D eigenvalue weighted by atomic mass is 10.1. The summed E-state index contributed by atoms with van der Waals surface area (Å²) in [6.45, 7) is 6.19. The quantitative estimate of drug-likeness (QED) is 0.607. The van der Waals surface area contributed by atoms with Crippen molar-refractivity contribution in [2.24, 2.45) is 4.99 Å². The highest BCUT2D eigenvalue weighted by molar-refractivity contribution is 5.80. The molecule has 1 aromatic heterocycles. The van der Waals surface area contributed by atoms with Gasteiger partial charge >= 0.3 is 0 Å². The van der Waals surface area contributed by atoms with Crippen LogP contribution in [0.3, 0.4) is 0 Å². The average molecular weight is 326 g/mol. The number of guanidine groups is 1. The van der Waals surface area contributed by atoms with Gasteiger partial charge in [0.1, 0.15) is 0 Å². The maximum atomic E-state index is 5.16. The second kappa shape index (κ2) is 9.67. The van der Waals surface area contributed by atoms with E-state index in [1.54, 1.807) is 7.11 Å². The summed E-state index contributed by atoms with van der Waals surface area (Å²) in [7, 11) is 1.70. The van der Waals surface area contributed by atoms with E-state index >= 15 is 0 Å². The molecule has 1 unspecified atom stereocenters. The largest absolute Gasteiger partial charge is 0.383 e. The molecule has 5 nitrogen and oxygen atoms in total. The van der Waals surface area contributed by atoms with Crippen LogP contribution in [-0.4, -0.2) is 37.2 Å². The summed E-state index contributed by atoms with van der Waals surface area (Å²) in [6.07, 6.45) is 1.81. The molecule has 2 aromatic rings. The zero-order valence-corrected chi connectivity index (χ0v) is 14.6. The second-order valence-electron chi connectivity index (χ2n) is 5.61. The Kier molecular flexibility index (Phi) is 7.23. The number of nitrogens with one attached hydrogen (secondary N) is 2. The van der Waals surface area contributed by atoms with Gasteiger partial charge in [0, 0.05) is 31.5 Å². The molecule has 2 rings (SSSR count). The molecule has 0 aliphatic rings. The van der Waals surface area contributed by atoms with Crippen molar-refractivity contribution >= 4 is 5.96 Å². The maximum absolute atomic E-state index is 5.16. The summed E-state index contributed by atoms with van der Waals surface area (Å²) in [5.41, 5.74) is 3.23. The summed E-state index contributed by atoms with van der Waals surface area (Å²) in [6, 6.07) is 14.5. The van der Waals surface area contributed by atoms with Crippen LogP contribution in [0.25, 0.3) is 11.3 Å². The molecule has 0 aliphatic carbocycles. The van der Waals surface area contributed by atoms with E-state index in [9.17, 15) is 0 Å². The monoisotopic (exact) mass is 326 g/mol. The Hall–Kier alpha value is -2.40. The molecule has 0 spiro atoms. The Morgan fingerprint density at radius 2 is 2.12 bits per heavy atom. The third-order valence-corrected chi connectivity index (χ3v) is 3.45. The summed E-state index contributed by atoms with van der Waals surface area (Å²) in [5.74, 6) is 0.797. The molecule has 0 radical (unpaired) electrons. The molecule has 0 aliphatic heterocycles. The molecule has 1 aromatic carbocycles. The van der Waals surface area contributed by atoms with Crippen LogP contribution >= 0.6 is 0 Å². The van der Waals surface area contributed by atoms with E-state index in [0.717, 1.165) is 29.3 Å². The van der Waals surface area contributed by atoms with Gasteiger partial charge in [-0.3, -0.25) is 4.98 Å². The minimum atomic E-state index is 0.202. The Morgan fingerprint density at radius 3 is 2.83 bits per heavy atom. The summed E-state index contributed by atoms with van der Waals surface area (Å²) in [5, 5.41) is 6.60. The van der Waals surface area contributed by atoms with Gasteiger partial charge in [0.25, 0.3) is 0 Å². The van der Waals surface area contributed by atoms with E-state index in [-0.39, 0.29) is 6.04 Å². The third kappa shape index (κ3) is 5.66. The van der Waals surface area contributed by atoms with Crippen molar-refractivity contribution in [1.82, 2.24) is 15.6 Å². The number of nitrogens with zero attached hydrogens (tertiary/aromatic N) is 2. The summed E-state index contributed by atoms with van der Waals surface area (Å²) >= 11 is 0. The van der Waals surface area contributed by atoms with Crippen LogP contribution in [0.5, 0.6) is 0 Å². The lowest BCUT2D eigenvalue weighted by Gasteiger charge is -2.17. The lowest BCUT2D eigenvalue weighted by molar-refractivity contribution is 0.179. The molecule has 24 heavy (non-hydrogen) atoms. The predicted octanol–water partition coefficient (Wildman–Crippen LogP) is 2.84. The predicted molar refractivity (Wildman–Crippen MR) is 99.0 cm³/mol. The minimum Gasteiger partial charge on any atom is -0.383 e. The zero-order chi connectivity index (χ0) is 17.2. The number of pyridine rings is 1. The highest BCUT2D eigenvalue weighted by Crippen LogP contribution is 2.18. The van der Waals surface area contributed by atoms with Crippen molar-refractivity contribution in [3.05, 3.63) is 54.2 Å². The zero-order valence-electron chi connectivity index (χ0n) is 14.6. The van der Waals surface area contributed by atoms with Crippen LogP contribution in [0.1, 0.15) is 19.4 Å². The summed E-state index contributed by atoms with van der Waals surface area (Å²) in [4.78, 5) is 9.06. The van der Waals surface area contributed by atoms with Gasteiger partial charge in [0.2, 0.25) is 0 Å². The normalized spacial score (nSPS) is 12.7. The Labute approximate surface area is 144 Å². The van der Waals surface area contributed by atoms with Crippen molar-refractivity contribution < 1.29 is 4.74 Å². The van der Waals surface area contributed by atoms with Crippen LogP contribution < -0.4 is 10.6 Å². The van der Waals surface area contributed by atoms with Crippen molar-refractivity contribution in [1.29, 1.82) is 0 Å². The molecule has 1 atom stereocenters. The van der Waals surface area contributed by atoms with Crippen LogP contribution in [0.2, 0.25) is 0 Å². The fourth-order valence-corrected chi connectivity index (χ4v) is 2.38. The number of benzene rings is 1. The van der Waals surface area contributed by atoms with Gasteiger partial charge in [-0.2, -0.15) is 0 Å². The van der Waals surface area contributed by atoms with E-state index in [1.807, 2.05) is 30.5 Å². The van der Waals surface area contributed by atoms with Gasteiger partial charge in [-0.1, -0.05) is 24.3 Å². The lowest BCUT2D eigenvalue weighted by Crippen LogP contribution is -2.43. The molecule has 0 saturated carbocycles. The molecular weight excluding hydrogens is 300 g/mol.